The van der Waals surface area contributed by atoms with Gasteiger partial charge in [-0.05, 0) is 32.3 Å². The maximum atomic E-state index is 11.2. The molecule has 0 bridgehead atoms. The zero-order chi connectivity index (χ0) is 14.5. The Morgan fingerprint density at radius 1 is 1.50 bits per heavy atom. The van der Waals surface area contributed by atoms with E-state index >= 15 is 0 Å². The normalized spacial score (nSPS) is 15.9. The van der Waals surface area contributed by atoms with Crippen molar-refractivity contribution in [3.63, 3.8) is 0 Å². The molecule has 0 spiro atoms. The molecule has 1 aromatic rings. The number of carboxylic acids is 1. The molecule has 0 saturated heterocycles. The largest absolute Gasteiger partial charge is 0.479 e. The van der Waals surface area contributed by atoms with Crippen LogP contribution in [-0.2, 0) is 11.3 Å². The molecular formula is C16H23NO3. The molecule has 0 amide bonds. The lowest BCUT2D eigenvalue weighted by atomic mass is 10.1. The molecule has 1 aliphatic rings. The number of nitrogens with one attached hydrogen (secondary N) is 1. The summed E-state index contributed by atoms with van der Waals surface area (Å²) in [6.45, 7) is 4.73. The third-order valence-corrected chi connectivity index (χ3v) is 3.47. The molecule has 0 aliphatic heterocycles. The highest BCUT2D eigenvalue weighted by Gasteiger charge is 2.22. The third-order valence-electron chi connectivity index (χ3n) is 3.47. The topological polar surface area (TPSA) is 58.6 Å². The molecule has 1 aliphatic carbocycles. The van der Waals surface area contributed by atoms with E-state index in [9.17, 15) is 9.90 Å². The highest BCUT2D eigenvalue weighted by molar-refractivity contribution is 5.72. The van der Waals surface area contributed by atoms with E-state index < -0.39 is 12.1 Å². The van der Waals surface area contributed by atoms with Crippen LogP contribution in [0.15, 0.2) is 18.2 Å². The molecule has 110 valence electrons. The molecule has 2 rings (SSSR count). The van der Waals surface area contributed by atoms with Gasteiger partial charge >= 0.3 is 5.97 Å². The number of benzene rings is 1. The van der Waals surface area contributed by atoms with Crippen molar-refractivity contribution >= 4 is 5.97 Å². The van der Waals surface area contributed by atoms with Crippen LogP contribution >= 0.6 is 0 Å². The van der Waals surface area contributed by atoms with E-state index in [1.807, 2.05) is 26.0 Å². The van der Waals surface area contributed by atoms with Crippen molar-refractivity contribution in [1.29, 1.82) is 0 Å². The molecule has 0 radical (unpaired) electrons. The average molecular weight is 277 g/mol. The Kier molecular flexibility index (Phi) is 5.01. The molecule has 20 heavy (non-hydrogen) atoms. The SMILES string of the molecule is CCCC(Oc1ccc(C)cc1CNC1CC1)C(=O)O. The standard InChI is InChI=1S/C16H23NO3/c1-3-4-15(16(18)19)20-14-8-5-11(2)9-12(14)10-17-13-6-7-13/h5,8-9,13,15,17H,3-4,6-7,10H2,1-2H3,(H,18,19). The minimum atomic E-state index is -0.895. The number of ether oxygens (including phenoxy) is 1. The number of rotatable bonds is 8. The van der Waals surface area contributed by atoms with E-state index in [-0.39, 0.29) is 0 Å². The molecule has 0 aromatic heterocycles. The van der Waals surface area contributed by atoms with Crippen molar-refractivity contribution in [3.8, 4) is 5.75 Å². The summed E-state index contributed by atoms with van der Waals surface area (Å²) in [6.07, 6.45) is 3.02. The summed E-state index contributed by atoms with van der Waals surface area (Å²) in [5, 5.41) is 12.6. The summed E-state index contributed by atoms with van der Waals surface area (Å²) in [5.74, 6) is -0.210. The molecule has 1 atom stereocenters. The minimum Gasteiger partial charge on any atom is -0.479 e. The maximum Gasteiger partial charge on any atom is 0.344 e. The number of carbonyl (C=O) groups is 1. The molecule has 1 unspecified atom stereocenters. The van der Waals surface area contributed by atoms with Crippen molar-refractivity contribution in [1.82, 2.24) is 5.32 Å². The van der Waals surface area contributed by atoms with Crippen LogP contribution in [0.3, 0.4) is 0 Å². The van der Waals surface area contributed by atoms with Gasteiger partial charge in [0.25, 0.3) is 0 Å². The maximum absolute atomic E-state index is 11.2. The number of aliphatic carboxylic acids is 1. The second kappa shape index (κ2) is 6.75. The Hall–Kier alpha value is -1.55. The molecule has 1 aromatic carbocycles. The number of carboxylic acid groups (broad SMARTS) is 1. The molecule has 1 fully saturated rings. The lowest BCUT2D eigenvalue weighted by molar-refractivity contribution is -0.145. The molecule has 2 N–H and O–H groups in total. The fraction of sp³-hybridized carbons (Fsp3) is 0.562. The first-order chi connectivity index (χ1) is 9.60. The number of hydrogen-bond acceptors (Lipinski definition) is 3. The van der Waals surface area contributed by atoms with Crippen LogP contribution in [0.1, 0.15) is 43.7 Å². The highest BCUT2D eigenvalue weighted by atomic mass is 16.5. The Balaban J connectivity index is 2.09. The predicted molar refractivity (Wildman–Crippen MR) is 78.0 cm³/mol. The van der Waals surface area contributed by atoms with Gasteiger partial charge in [-0.1, -0.05) is 31.0 Å². The van der Waals surface area contributed by atoms with Crippen LogP contribution < -0.4 is 10.1 Å². The van der Waals surface area contributed by atoms with Gasteiger partial charge in [0.1, 0.15) is 5.75 Å². The predicted octanol–water partition coefficient (Wildman–Crippen LogP) is 2.88. The average Bonchev–Trinajstić information content (AvgIpc) is 3.22. The van der Waals surface area contributed by atoms with Crippen molar-refractivity contribution in [2.75, 3.05) is 0 Å². The van der Waals surface area contributed by atoms with Crippen molar-refractivity contribution in [3.05, 3.63) is 29.3 Å². The first-order valence-electron chi connectivity index (χ1n) is 7.32. The van der Waals surface area contributed by atoms with Gasteiger partial charge in [-0.2, -0.15) is 0 Å². The fourth-order valence-corrected chi connectivity index (χ4v) is 2.15. The number of aryl methyl sites for hydroxylation is 1. The molecule has 4 heteroatoms. The van der Waals surface area contributed by atoms with Crippen LogP contribution in [0.4, 0.5) is 0 Å². The van der Waals surface area contributed by atoms with Crippen LogP contribution in [0, 0.1) is 6.92 Å². The summed E-state index contributed by atoms with van der Waals surface area (Å²) in [4.78, 5) is 11.2. The molecule has 1 saturated carbocycles. The van der Waals surface area contributed by atoms with E-state index in [1.165, 1.54) is 12.8 Å². The van der Waals surface area contributed by atoms with Crippen molar-refractivity contribution < 1.29 is 14.6 Å². The van der Waals surface area contributed by atoms with Gasteiger partial charge in [-0.15, -0.1) is 0 Å². The van der Waals surface area contributed by atoms with E-state index in [1.54, 1.807) is 0 Å². The van der Waals surface area contributed by atoms with Gasteiger partial charge in [-0.3, -0.25) is 0 Å². The van der Waals surface area contributed by atoms with Crippen molar-refractivity contribution in [2.45, 2.75) is 58.2 Å². The van der Waals surface area contributed by atoms with E-state index in [0.717, 1.165) is 24.1 Å². The summed E-state index contributed by atoms with van der Waals surface area (Å²) in [7, 11) is 0. The second-order valence-corrected chi connectivity index (χ2v) is 5.50. The highest BCUT2D eigenvalue weighted by Crippen LogP contribution is 2.25. The molecule has 0 heterocycles. The van der Waals surface area contributed by atoms with Crippen LogP contribution in [-0.4, -0.2) is 23.2 Å². The Labute approximate surface area is 120 Å². The third kappa shape index (κ3) is 4.23. The van der Waals surface area contributed by atoms with Gasteiger partial charge in [0, 0.05) is 18.2 Å². The lowest BCUT2D eigenvalue weighted by Crippen LogP contribution is -2.27. The second-order valence-electron chi connectivity index (χ2n) is 5.50. The van der Waals surface area contributed by atoms with Crippen LogP contribution in [0.25, 0.3) is 0 Å². The summed E-state index contributed by atoms with van der Waals surface area (Å²) >= 11 is 0. The first kappa shape index (κ1) is 14.9. The quantitative estimate of drug-likeness (QED) is 0.767. The first-order valence-corrected chi connectivity index (χ1v) is 7.32. The summed E-state index contributed by atoms with van der Waals surface area (Å²) < 4.78 is 5.72. The summed E-state index contributed by atoms with van der Waals surface area (Å²) in [5.41, 5.74) is 2.20. The zero-order valence-corrected chi connectivity index (χ0v) is 12.2. The Morgan fingerprint density at radius 2 is 2.25 bits per heavy atom. The van der Waals surface area contributed by atoms with Crippen molar-refractivity contribution in [2.24, 2.45) is 0 Å². The van der Waals surface area contributed by atoms with Crippen LogP contribution in [0.5, 0.6) is 5.75 Å². The zero-order valence-electron chi connectivity index (χ0n) is 12.2. The molecular weight excluding hydrogens is 254 g/mol. The van der Waals surface area contributed by atoms with Crippen LogP contribution in [0.2, 0.25) is 0 Å². The molecule has 4 nitrogen and oxygen atoms in total. The van der Waals surface area contributed by atoms with Gasteiger partial charge in [0.2, 0.25) is 0 Å². The lowest BCUT2D eigenvalue weighted by Gasteiger charge is -2.18. The summed E-state index contributed by atoms with van der Waals surface area (Å²) in [6, 6.07) is 6.52. The van der Waals surface area contributed by atoms with Gasteiger partial charge in [-0.25, -0.2) is 4.79 Å². The Morgan fingerprint density at radius 3 is 2.85 bits per heavy atom. The van der Waals surface area contributed by atoms with E-state index in [0.29, 0.717) is 18.2 Å². The minimum absolute atomic E-state index is 0.526. The van der Waals surface area contributed by atoms with E-state index in [2.05, 4.69) is 11.4 Å². The smallest absolute Gasteiger partial charge is 0.344 e. The Bertz CT molecular complexity index is 469. The fourth-order valence-electron chi connectivity index (χ4n) is 2.15. The van der Waals surface area contributed by atoms with Gasteiger partial charge in [0.05, 0.1) is 0 Å². The van der Waals surface area contributed by atoms with Gasteiger partial charge < -0.3 is 15.2 Å². The van der Waals surface area contributed by atoms with E-state index in [4.69, 9.17) is 4.74 Å². The van der Waals surface area contributed by atoms with Gasteiger partial charge in [0.15, 0.2) is 6.10 Å². The number of hydrogen-bond donors (Lipinski definition) is 2. The monoisotopic (exact) mass is 277 g/mol.